The summed E-state index contributed by atoms with van der Waals surface area (Å²) in [6, 6.07) is 0. The molecule has 0 N–H and O–H groups in total. The van der Waals surface area contributed by atoms with E-state index in [9.17, 15) is 14.4 Å². The number of unbranched alkanes of at least 4 members (excludes halogenated alkanes) is 44. The lowest BCUT2D eigenvalue weighted by molar-refractivity contribution is -0.167. The molecule has 0 spiro atoms. The molecule has 0 amide bonds. The molecule has 0 fully saturated rings. The Bertz CT molecular complexity index is 1330. The second kappa shape index (κ2) is 65.9. The van der Waals surface area contributed by atoms with E-state index >= 15 is 0 Å². The second-order valence-electron chi connectivity index (χ2n) is 23.1. The number of allylic oxidation sites excluding steroid dienone is 8. The van der Waals surface area contributed by atoms with E-state index in [4.69, 9.17) is 14.2 Å². The molecule has 0 saturated heterocycles. The normalized spacial score (nSPS) is 12.3. The molecule has 0 bridgehead atoms. The van der Waals surface area contributed by atoms with Crippen LogP contribution in [0.5, 0.6) is 0 Å². The van der Waals surface area contributed by atoms with Gasteiger partial charge < -0.3 is 14.2 Å². The summed E-state index contributed by atoms with van der Waals surface area (Å²) in [6.07, 6.45) is 82.7. The fourth-order valence-corrected chi connectivity index (χ4v) is 10.3. The Labute approximate surface area is 479 Å². The lowest BCUT2D eigenvalue weighted by Crippen LogP contribution is -2.30. The van der Waals surface area contributed by atoms with Crippen molar-refractivity contribution in [2.45, 2.75) is 374 Å². The first-order valence-electron chi connectivity index (χ1n) is 34.1. The van der Waals surface area contributed by atoms with Crippen molar-refractivity contribution < 1.29 is 28.6 Å². The van der Waals surface area contributed by atoms with Crippen molar-refractivity contribution in [1.29, 1.82) is 0 Å². The van der Waals surface area contributed by atoms with Crippen molar-refractivity contribution in [3.8, 4) is 0 Å². The van der Waals surface area contributed by atoms with Crippen molar-refractivity contribution in [1.82, 2.24) is 0 Å². The van der Waals surface area contributed by atoms with E-state index < -0.39 is 6.10 Å². The second-order valence-corrected chi connectivity index (χ2v) is 23.1. The molecule has 0 heterocycles. The molecular formula is C71H130O6. The standard InChI is InChI=1S/C71H130O6/c1-4-7-10-13-16-19-22-25-28-30-32-33-34-35-36-37-39-40-43-46-49-52-55-58-61-64-70(73)76-67-68(66-75-69(72)63-60-57-54-51-48-45-42-27-24-21-18-15-12-9-6-3)77-71(74)65-62-59-56-53-50-47-44-41-38-31-29-26-23-20-17-14-11-8-5-2/h8,11,17,20,26,29,38,41,68H,4-7,9-10,12-16,18-19,21-25,27-28,30-37,39-40,42-67H2,1-3H3/b11-8-,20-17-,29-26-,41-38-. The van der Waals surface area contributed by atoms with E-state index in [0.717, 1.165) is 96.3 Å². The van der Waals surface area contributed by atoms with Crippen molar-refractivity contribution in [3.63, 3.8) is 0 Å². The van der Waals surface area contributed by atoms with E-state index in [1.54, 1.807) is 0 Å². The molecule has 0 aromatic carbocycles. The number of esters is 3. The van der Waals surface area contributed by atoms with Gasteiger partial charge in [-0.05, 0) is 57.8 Å². The van der Waals surface area contributed by atoms with E-state index in [0.29, 0.717) is 19.3 Å². The Balaban J connectivity index is 4.28. The molecule has 0 aliphatic rings. The van der Waals surface area contributed by atoms with Crippen LogP contribution in [-0.2, 0) is 28.6 Å². The molecule has 6 nitrogen and oxygen atoms in total. The quantitative estimate of drug-likeness (QED) is 0.0261. The average molecular weight is 1080 g/mol. The van der Waals surface area contributed by atoms with Crippen molar-refractivity contribution in [2.75, 3.05) is 13.2 Å². The zero-order valence-electron chi connectivity index (χ0n) is 51.7. The molecule has 0 aliphatic heterocycles. The Morgan fingerprint density at radius 2 is 0.506 bits per heavy atom. The smallest absolute Gasteiger partial charge is 0.306 e. The van der Waals surface area contributed by atoms with Gasteiger partial charge in [-0.3, -0.25) is 14.4 Å². The first-order valence-corrected chi connectivity index (χ1v) is 34.1. The largest absolute Gasteiger partial charge is 0.462 e. The summed E-state index contributed by atoms with van der Waals surface area (Å²) in [4.78, 5) is 38.4. The van der Waals surface area contributed by atoms with Crippen molar-refractivity contribution in [3.05, 3.63) is 48.6 Å². The minimum absolute atomic E-state index is 0.0739. The molecule has 0 aliphatic carbocycles. The van der Waals surface area contributed by atoms with Gasteiger partial charge in [-0.1, -0.05) is 339 Å². The van der Waals surface area contributed by atoms with Gasteiger partial charge in [-0.25, -0.2) is 0 Å². The number of ether oxygens (including phenoxy) is 3. The molecule has 0 aromatic rings. The summed E-state index contributed by atoms with van der Waals surface area (Å²) in [5.74, 6) is -0.861. The highest BCUT2D eigenvalue weighted by Crippen LogP contribution is 2.18. The van der Waals surface area contributed by atoms with Gasteiger partial charge in [-0.15, -0.1) is 0 Å². The van der Waals surface area contributed by atoms with Crippen LogP contribution in [0.2, 0.25) is 0 Å². The van der Waals surface area contributed by atoms with Crippen LogP contribution in [0.25, 0.3) is 0 Å². The number of hydrogen-bond acceptors (Lipinski definition) is 6. The molecule has 1 unspecified atom stereocenters. The third kappa shape index (κ3) is 64.1. The first kappa shape index (κ1) is 74.4. The van der Waals surface area contributed by atoms with Gasteiger partial charge in [0.2, 0.25) is 0 Å². The van der Waals surface area contributed by atoms with Crippen LogP contribution in [0.15, 0.2) is 48.6 Å². The van der Waals surface area contributed by atoms with Gasteiger partial charge in [0.25, 0.3) is 0 Å². The maximum absolute atomic E-state index is 12.9. The maximum Gasteiger partial charge on any atom is 0.306 e. The number of rotatable bonds is 63. The first-order chi connectivity index (χ1) is 38.0. The summed E-state index contributed by atoms with van der Waals surface area (Å²) < 4.78 is 17.0. The minimum atomic E-state index is -0.779. The van der Waals surface area contributed by atoms with E-state index in [2.05, 4.69) is 69.4 Å². The summed E-state index contributed by atoms with van der Waals surface area (Å²) >= 11 is 0. The van der Waals surface area contributed by atoms with Gasteiger partial charge in [0.05, 0.1) is 0 Å². The molecule has 0 saturated carbocycles. The van der Waals surface area contributed by atoms with Gasteiger partial charge >= 0.3 is 17.9 Å². The molecule has 0 radical (unpaired) electrons. The van der Waals surface area contributed by atoms with Crippen molar-refractivity contribution in [2.24, 2.45) is 0 Å². The summed E-state index contributed by atoms with van der Waals surface area (Å²) in [6.45, 7) is 6.59. The highest BCUT2D eigenvalue weighted by Gasteiger charge is 2.19. The Morgan fingerprint density at radius 1 is 0.273 bits per heavy atom. The van der Waals surface area contributed by atoms with E-state index in [1.165, 1.54) is 231 Å². The maximum atomic E-state index is 12.9. The number of carbonyl (C=O) groups excluding carboxylic acids is 3. The Kier molecular flexibility index (Phi) is 63.6. The number of hydrogen-bond donors (Lipinski definition) is 0. The summed E-state index contributed by atoms with van der Waals surface area (Å²) in [5.41, 5.74) is 0. The molecular weight excluding hydrogens is 949 g/mol. The third-order valence-electron chi connectivity index (χ3n) is 15.3. The van der Waals surface area contributed by atoms with Gasteiger partial charge in [0.15, 0.2) is 6.10 Å². The van der Waals surface area contributed by atoms with E-state index in [-0.39, 0.29) is 31.1 Å². The molecule has 1 atom stereocenters. The number of carbonyl (C=O) groups is 3. The van der Waals surface area contributed by atoms with E-state index in [1.807, 2.05) is 0 Å². The highest BCUT2D eigenvalue weighted by atomic mass is 16.6. The average Bonchev–Trinajstić information content (AvgIpc) is 3.43. The Hall–Kier alpha value is -2.63. The fourth-order valence-electron chi connectivity index (χ4n) is 10.3. The van der Waals surface area contributed by atoms with Gasteiger partial charge in [0.1, 0.15) is 13.2 Å². The minimum Gasteiger partial charge on any atom is -0.462 e. The predicted octanol–water partition coefficient (Wildman–Crippen LogP) is 23.3. The molecule has 450 valence electrons. The van der Waals surface area contributed by atoms with Crippen LogP contribution in [0.3, 0.4) is 0 Å². The van der Waals surface area contributed by atoms with Crippen LogP contribution < -0.4 is 0 Å². The fraction of sp³-hybridized carbons (Fsp3) is 0.845. The summed E-state index contributed by atoms with van der Waals surface area (Å²) in [7, 11) is 0. The predicted molar refractivity (Wildman–Crippen MR) is 335 cm³/mol. The topological polar surface area (TPSA) is 78.9 Å². The zero-order valence-corrected chi connectivity index (χ0v) is 51.7. The van der Waals surface area contributed by atoms with Crippen LogP contribution >= 0.6 is 0 Å². The van der Waals surface area contributed by atoms with Crippen LogP contribution in [0.4, 0.5) is 0 Å². The van der Waals surface area contributed by atoms with Gasteiger partial charge in [-0.2, -0.15) is 0 Å². The lowest BCUT2D eigenvalue weighted by atomic mass is 10.0. The summed E-state index contributed by atoms with van der Waals surface area (Å²) in [5, 5.41) is 0. The van der Waals surface area contributed by atoms with Crippen LogP contribution in [-0.4, -0.2) is 37.2 Å². The Morgan fingerprint density at radius 3 is 0.792 bits per heavy atom. The highest BCUT2D eigenvalue weighted by molar-refractivity contribution is 5.71. The molecule has 6 heteroatoms. The third-order valence-corrected chi connectivity index (χ3v) is 15.3. The molecule has 0 aromatic heterocycles. The SMILES string of the molecule is CC/C=C\C/C=C\C/C=C\C/C=C\CCCCCCCCC(=O)OC(COC(=O)CCCCCCCCCCCCCCCCC)COC(=O)CCCCCCCCCCCCCCCCCCCCCCCCCCC. The van der Waals surface area contributed by atoms with Crippen LogP contribution in [0.1, 0.15) is 367 Å². The van der Waals surface area contributed by atoms with Crippen molar-refractivity contribution >= 4 is 17.9 Å². The zero-order chi connectivity index (χ0) is 55.7. The van der Waals surface area contributed by atoms with Crippen LogP contribution in [0, 0.1) is 0 Å². The molecule has 0 rings (SSSR count). The monoisotopic (exact) mass is 1080 g/mol. The molecule has 77 heavy (non-hydrogen) atoms. The van der Waals surface area contributed by atoms with Gasteiger partial charge in [0, 0.05) is 19.3 Å². The lowest BCUT2D eigenvalue weighted by Gasteiger charge is -2.18.